The third-order valence-corrected chi connectivity index (χ3v) is 13.2. The van der Waals surface area contributed by atoms with Crippen molar-refractivity contribution in [3.05, 3.63) is 71.9 Å². The van der Waals surface area contributed by atoms with Gasteiger partial charge in [0.25, 0.3) is 5.91 Å². The summed E-state index contributed by atoms with van der Waals surface area (Å²) in [6.45, 7) is 17.7. The number of aryl methyl sites for hydroxylation is 2. The van der Waals surface area contributed by atoms with Gasteiger partial charge >= 0.3 is 5.97 Å². The van der Waals surface area contributed by atoms with E-state index in [2.05, 4.69) is 71.8 Å². The number of nitrogens with zero attached hydrogens (tertiary/aromatic N) is 7. The van der Waals surface area contributed by atoms with Crippen LogP contribution >= 0.6 is 0 Å². The number of amides is 3. The van der Waals surface area contributed by atoms with Gasteiger partial charge in [-0.2, -0.15) is 5.10 Å². The average molecular weight is 892 g/mol. The van der Waals surface area contributed by atoms with E-state index in [1.807, 2.05) is 57.7 Å². The van der Waals surface area contributed by atoms with Crippen LogP contribution in [0.15, 0.2) is 55.1 Å². The van der Waals surface area contributed by atoms with Crippen molar-refractivity contribution in [1.29, 1.82) is 0 Å². The highest BCUT2D eigenvalue weighted by Gasteiger charge is 2.38. The Morgan fingerprint density at radius 3 is 2.55 bits per heavy atom. The lowest BCUT2D eigenvalue weighted by Gasteiger charge is -2.37. The maximum absolute atomic E-state index is 14.7. The van der Waals surface area contributed by atoms with Crippen molar-refractivity contribution in [3.8, 4) is 28.3 Å². The normalized spacial score (nSPS) is 21.0. The smallest absolute Gasteiger partial charge is 0.324 e. The quantitative estimate of drug-likeness (QED) is 0.136. The number of rotatable bonds is 11. The molecule has 15 heteroatoms. The summed E-state index contributed by atoms with van der Waals surface area (Å²) in [7, 11) is 7.95. The molecule has 3 N–H and O–H groups in total. The maximum Gasteiger partial charge on any atom is 0.324 e. The monoisotopic (exact) mass is 892 g/mol. The molecule has 3 aliphatic rings. The molecule has 4 aromatic rings. The van der Waals surface area contributed by atoms with Crippen molar-refractivity contribution in [2.24, 2.45) is 24.3 Å². The number of likely N-dealkylation sites (N-methyl/N-ethyl adjacent to an activating group) is 1. The van der Waals surface area contributed by atoms with Gasteiger partial charge in [0.1, 0.15) is 17.8 Å². The van der Waals surface area contributed by atoms with Crippen LogP contribution in [0.25, 0.3) is 33.4 Å². The average Bonchev–Trinajstić information content (AvgIpc) is 3.95. The molecule has 0 aliphatic carbocycles. The summed E-state index contributed by atoms with van der Waals surface area (Å²) in [5, 5.41) is 21.9. The number of phenols is 1. The molecule has 2 aromatic carbocycles. The number of carbonyl (C=O) groups is 4. The number of cyclic esters (lactones) is 1. The molecule has 3 amide bonds. The van der Waals surface area contributed by atoms with E-state index < -0.39 is 29.5 Å². The first kappa shape index (κ1) is 47.5. The van der Waals surface area contributed by atoms with Crippen LogP contribution in [-0.4, -0.2) is 135 Å². The summed E-state index contributed by atoms with van der Waals surface area (Å²) in [4.78, 5) is 61.4. The first-order valence-corrected chi connectivity index (χ1v) is 23.2. The molecule has 15 nitrogen and oxygen atoms in total. The maximum atomic E-state index is 14.7. The molecular weight excluding hydrogens is 823 g/mol. The van der Waals surface area contributed by atoms with Crippen LogP contribution in [0.2, 0.25) is 0 Å². The molecule has 3 aliphatic heterocycles. The third-order valence-electron chi connectivity index (χ3n) is 13.2. The Balaban J connectivity index is 1.29. The summed E-state index contributed by atoms with van der Waals surface area (Å²) >= 11 is 0. The van der Waals surface area contributed by atoms with Gasteiger partial charge < -0.3 is 29.5 Å². The van der Waals surface area contributed by atoms with Gasteiger partial charge in [0, 0.05) is 69.1 Å². The Morgan fingerprint density at radius 2 is 1.85 bits per heavy atom. The number of fused-ring (bicyclic) bond motifs is 6. The summed E-state index contributed by atoms with van der Waals surface area (Å²) in [5.41, 5.74) is 10.2. The number of carbonyl (C=O) groups excluding carboxylic acids is 4. The minimum Gasteiger partial charge on any atom is -0.508 e. The van der Waals surface area contributed by atoms with Crippen molar-refractivity contribution in [2.75, 3.05) is 53.9 Å². The number of benzene rings is 2. The van der Waals surface area contributed by atoms with E-state index in [0.29, 0.717) is 64.1 Å². The number of aromatic nitrogens is 3. The standard InChI is InChI=1S/C50H69N9O6/c1-11-44(61)57-19-17-32(28-57)27-55(9)45(31(3)4)47(62)51-41-22-33-20-35(23-37(60)21-33)34-15-16-42-38(24-34)39(46(58(42)12-2)43-25-36(29-54(7)8)52-56(43)10)26-50(5,6)30-65-49(64)40-14-13-18-59(53-40)48(41)63/h11,15-16,20-21,23-25,31-32,40-41,45,53,60H,1,12-14,17-19,22,26-30H2,2-10H3,(H,51,62)/t32-,40+,41+,45+/m1/s1. The lowest BCUT2D eigenvalue weighted by molar-refractivity contribution is -0.155. The van der Waals surface area contributed by atoms with Gasteiger partial charge in [-0.1, -0.05) is 46.4 Å². The minimum atomic E-state index is -1.04. The van der Waals surface area contributed by atoms with Crippen molar-refractivity contribution in [2.45, 2.75) is 97.9 Å². The predicted octanol–water partition coefficient (Wildman–Crippen LogP) is 5.14. The van der Waals surface area contributed by atoms with Gasteiger partial charge in [-0.15, -0.1) is 0 Å². The number of nitrogens with one attached hydrogen (secondary N) is 2. The zero-order valence-electron chi connectivity index (χ0n) is 39.8. The zero-order chi connectivity index (χ0) is 46.9. The summed E-state index contributed by atoms with van der Waals surface area (Å²) in [6, 6.07) is 11.5. The van der Waals surface area contributed by atoms with Crippen LogP contribution in [0.5, 0.6) is 5.75 Å². The van der Waals surface area contributed by atoms with E-state index in [0.717, 1.165) is 51.1 Å². The van der Waals surface area contributed by atoms with E-state index >= 15 is 0 Å². The zero-order valence-corrected chi connectivity index (χ0v) is 39.8. The second kappa shape index (κ2) is 19.5. The van der Waals surface area contributed by atoms with Crippen LogP contribution in [0, 0.1) is 17.3 Å². The van der Waals surface area contributed by atoms with E-state index in [1.54, 1.807) is 17.0 Å². The number of likely N-dealkylation sites (tertiary alicyclic amines) is 1. The van der Waals surface area contributed by atoms with Gasteiger partial charge in [0.15, 0.2) is 0 Å². The van der Waals surface area contributed by atoms with E-state index in [4.69, 9.17) is 9.84 Å². The number of phenolic OH excluding ortho intramolecular Hbond substituents is 1. The lowest BCUT2D eigenvalue weighted by atomic mass is 9.84. The molecule has 0 spiro atoms. The molecule has 7 rings (SSSR count). The van der Waals surface area contributed by atoms with E-state index in [-0.39, 0.29) is 48.3 Å². The molecule has 5 heterocycles. The lowest BCUT2D eigenvalue weighted by Crippen LogP contribution is -2.62. The molecule has 0 radical (unpaired) electrons. The van der Waals surface area contributed by atoms with Crippen LogP contribution in [0.4, 0.5) is 0 Å². The van der Waals surface area contributed by atoms with Gasteiger partial charge in [0.2, 0.25) is 11.8 Å². The molecule has 0 unspecified atom stereocenters. The topological polar surface area (TPSA) is 158 Å². The second-order valence-electron chi connectivity index (χ2n) is 19.9. The minimum absolute atomic E-state index is 0.0419. The van der Waals surface area contributed by atoms with Gasteiger partial charge in [-0.05, 0) is 124 Å². The predicted molar refractivity (Wildman–Crippen MR) is 252 cm³/mol. The summed E-state index contributed by atoms with van der Waals surface area (Å²) in [6.07, 6.45) is 3.88. The number of hydrogen-bond acceptors (Lipinski definition) is 10. The molecule has 2 aromatic heterocycles. The SMILES string of the molecule is C=CC(=O)N1CC[C@H](CN(C)[C@H](C(=O)N[C@H]2Cc3cc(O)cc(c3)-c3ccc4c(c3)c(c(-c3cc(CN(C)C)nn3C)n4CC)CC(C)(C)COC(=O)[C@@H]3CCCN(N3)C2=O)C(C)C)C1. The number of hydrazine groups is 1. The molecule has 2 saturated heterocycles. The van der Waals surface area contributed by atoms with Crippen LogP contribution < -0.4 is 10.7 Å². The van der Waals surface area contributed by atoms with Crippen molar-refractivity contribution < 1.29 is 29.0 Å². The highest BCUT2D eigenvalue weighted by molar-refractivity contribution is 5.95. The van der Waals surface area contributed by atoms with Gasteiger partial charge in [-0.25, -0.2) is 5.43 Å². The third kappa shape index (κ3) is 10.5. The van der Waals surface area contributed by atoms with Crippen molar-refractivity contribution in [1.82, 2.24) is 44.8 Å². The Bertz CT molecular complexity index is 2430. The fourth-order valence-corrected chi connectivity index (χ4v) is 10.2. The molecule has 0 saturated carbocycles. The van der Waals surface area contributed by atoms with Crippen molar-refractivity contribution in [3.63, 3.8) is 0 Å². The number of esters is 1. The van der Waals surface area contributed by atoms with Gasteiger partial charge in [0.05, 0.1) is 29.7 Å². The molecule has 350 valence electrons. The molecular formula is C50H69N9O6. The number of ether oxygens (including phenoxy) is 1. The van der Waals surface area contributed by atoms with Crippen molar-refractivity contribution >= 4 is 34.6 Å². The first-order chi connectivity index (χ1) is 30.9. The largest absolute Gasteiger partial charge is 0.508 e. The Labute approximate surface area is 383 Å². The number of aromatic hydroxyl groups is 1. The Hall–Kier alpha value is -5.51. The van der Waals surface area contributed by atoms with Gasteiger partial charge in [-0.3, -0.25) is 33.8 Å². The Morgan fingerprint density at radius 1 is 1.08 bits per heavy atom. The first-order valence-electron chi connectivity index (χ1n) is 23.2. The fourth-order valence-electron chi connectivity index (χ4n) is 10.2. The highest BCUT2D eigenvalue weighted by Crippen LogP contribution is 2.41. The van der Waals surface area contributed by atoms with Crippen LogP contribution in [0.3, 0.4) is 0 Å². The van der Waals surface area contributed by atoms with E-state index in [1.165, 1.54) is 11.1 Å². The fraction of sp³-hybridized carbons (Fsp3) is 0.540. The highest BCUT2D eigenvalue weighted by atomic mass is 16.5. The van der Waals surface area contributed by atoms with Crippen LogP contribution in [-0.2, 0) is 56.9 Å². The Kier molecular flexibility index (Phi) is 14.3. The molecule has 6 bridgehead atoms. The summed E-state index contributed by atoms with van der Waals surface area (Å²) in [5.74, 6) is -1.09. The molecule has 4 atom stereocenters. The second-order valence-corrected chi connectivity index (χ2v) is 19.9. The molecule has 65 heavy (non-hydrogen) atoms. The van der Waals surface area contributed by atoms with E-state index in [9.17, 15) is 24.3 Å². The number of hydrogen-bond donors (Lipinski definition) is 3. The molecule has 2 fully saturated rings. The van der Waals surface area contributed by atoms with Crippen LogP contribution in [0.1, 0.15) is 70.7 Å². The summed E-state index contributed by atoms with van der Waals surface area (Å²) < 4.78 is 10.4.